The first-order chi connectivity index (χ1) is 8.16. The van der Waals surface area contributed by atoms with Crippen molar-refractivity contribution in [2.45, 2.75) is 46.7 Å². The number of hydrogen-bond acceptors (Lipinski definition) is 3. The summed E-state index contributed by atoms with van der Waals surface area (Å²) in [5.41, 5.74) is 5.22. The molecule has 0 aliphatic heterocycles. The van der Waals surface area contributed by atoms with Crippen molar-refractivity contribution in [2.75, 3.05) is 0 Å². The Kier molecular flexibility index (Phi) is 6.36. The Bertz CT molecular complexity index is 327. The van der Waals surface area contributed by atoms with Crippen LogP contribution in [0.5, 0.6) is 0 Å². The van der Waals surface area contributed by atoms with Crippen molar-refractivity contribution in [3.05, 3.63) is 0 Å². The van der Waals surface area contributed by atoms with E-state index in [0.717, 1.165) is 0 Å². The molecular weight excluding hydrogens is 234 g/mol. The molecule has 0 aromatic rings. The molecule has 0 fully saturated rings. The first kappa shape index (κ1) is 16.4. The van der Waals surface area contributed by atoms with Crippen molar-refractivity contribution in [1.29, 1.82) is 0 Å². The molecule has 0 aromatic heterocycles. The molecule has 4 N–H and O–H groups in total. The van der Waals surface area contributed by atoms with Gasteiger partial charge < -0.3 is 16.4 Å². The third kappa shape index (κ3) is 5.16. The summed E-state index contributed by atoms with van der Waals surface area (Å²) >= 11 is 0. The summed E-state index contributed by atoms with van der Waals surface area (Å²) in [6.45, 7) is 8.55. The van der Waals surface area contributed by atoms with E-state index in [-0.39, 0.29) is 17.7 Å². The molecule has 0 rings (SSSR count). The normalized spacial score (nSPS) is 14.2. The average Bonchev–Trinajstić information content (AvgIpc) is 2.20. The maximum atomic E-state index is 12.0. The number of nitrogens with two attached hydrogens (primary N) is 1. The van der Waals surface area contributed by atoms with E-state index in [0.29, 0.717) is 0 Å². The third-order valence-corrected chi connectivity index (χ3v) is 2.58. The van der Waals surface area contributed by atoms with E-state index in [1.54, 1.807) is 13.8 Å². The topological polar surface area (TPSA) is 101 Å². The average molecular weight is 257 g/mol. The van der Waals surface area contributed by atoms with Gasteiger partial charge in [0.1, 0.15) is 12.1 Å². The van der Waals surface area contributed by atoms with E-state index in [9.17, 15) is 14.4 Å². The van der Waals surface area contributed by atoms with Crippen LogP contribution in [-0.4, -0.2) is 29.8 Å². The fourth-order valence-corrected chi connectivity index (χ4v) is 1.56. The zero-order valence-corrected chi connectivity index (χ0v) is 11.6. The number of hydrogen-bond donors (Lipinski definition) is 3. The Morgan fingerprint density at radius 2 is 1.33 bits per heavy atom. The van der Waals surface area contributed by atoms with Crippen LogP contribution in [0.1, 0.15) is 34.6 Å². The van der Waals surface area contributed by atoms with Crippen molar-refractivity contribution in [1.82, 2.24) is 10.6 Å². The number of carbonyl (C=O) groups excluding carboxylic acids is 3. The fraction of sp³-hybridized carbons (Fsp3) is 0.750. The van der Waals surface area contributed by atoms with Gasteiger partial charge in [-0.15, -0.1) is 0 Å². The van der Waals surface area contributed by atoms with Crippen LogP contribution in [0.2, 0.25) is 0 Å². The lowest BCUT2D eigenvalue weighted by Crippen LogP contribution is -2.55. The number of rotatable bonds is 6. The molecule has 0 saturated heterocycles. The maximum absolute atomic E-state index is 12.0. The second kappa shape index (κ2) is 6.98. The van der Waals surface area contributed by atoms with E-state index < -0.39 is 23.9 Å². The highest BCUT2D eigenvalue weighted by Gasteiger charge is 2.28. The van der Waals surface area contributed by atoms with Crippen LogP contribution >= 0.6 is 0 Å². The van der Waals surface area contributed by atoms with Crippen LogP contribution < -0.4 is 16.4 Å². The number of nitrogens with one attached hydrogen (secondary N) is 2. The maximum Gasteiger partial charge on any atom is 0.243 e. The summed E-state index contributed by atoms with van der Waals surface area (Å²) in [5.74, 6) is -1.43. The molecule has 3 amide bonds. The monoisotopic (exact) mass is 257 g/mol. The molecule has 0 spiro atoms. The highest BCUT2D eigenvalue weighted by atomic mass is 16.2. The smallest absolute Gasteiger partial charge is 0.243 e. The van der Waals surface area contributed by atoms with E-state index in [2.05, 4.69) is 10.6 Å². The molecule has 0 heterocycles. The van der Waals surface area contributed by atoms with Gasteiger partial charge >= 0.3 is 0 Å². The molecule has 2 atom stereocenters. The van der Waals surface area contributed by atoms with Gasteiger partial charge in [-0.2, -0.15) is 0 Å². The lowest BCUT2D eigenvalue weighted by molar-refractivity contribution is -0.132. The molecule has 0 bridgehead atoms. The van der Waals surface area contributed by atoms with Crippen LogP contribution in [0.3, 0.4) is 0 Å². The first-order valence-electron chi connectivity index (χ1n) is 6.03. The highest BCUT2D eigenvalue weighted by molar-refractivity contribution is 5.91. The SMILES string of the molecule is CC(=O)N[C@@H](C(=O)N[C@@H](C(N)=O)C(C)C)C(C)C. The molecule has 6 nitrogen and oxygen atoms in total. The molecule has 104 valence electrons. The van der Waals surface area contributed by atoms with Crippen molar-refractivity contribution >= 4 is 17.7 Å². The summed E-state index contributed by atoms with van der Waals surface area (Å²) in [7, 11) is 0. The van der Waals surface area contributed by atoms with Crippen LogP contribution in [0.15, 0.2) is 0 Å². The summed E-state index contributed by atoms with van der Waals surface area (Å²) in [5, 5.41) is 5.13. The van der Waals surface area contributed by atoms with Crippen molar-refractivity contribution in [3.8, 4) is 0 Å². The van der Waals surface area contributed by atoms with Crippen LogP contribution in [0.4, 0.5) is 0 Å². The molecule has 0 aliphatic rings. The minimum atomic E-state index is -0.729. The molecule has 0 aromatic carbocycles. The van der Waals surface area contributed by atoms with Crippen LogP contribution in [0.25, 0.3) is 0 Å². The van der Waals surface area contributed by atoms with Crippen molar-refractivity contribution < 1.29 is 14.4 Å². The lowest BCUT2D eigenvalue weighted by atomic mass is 10.00. The largest absolute Gasteiger partial charge is 0.368 e. The third-order valence-electron chi connectivity index (χ3n) is 2.58. The molecule has 0 aliphatic carbocycles. The predicted molar refractivity (Wildman–Crippen MR) is 68.4 cm³/mol. The summed E-state index contributed by atoms with van der Waals surface area (Å²) < 4.78 is 0. The quantitative estimate of drug-likeness (QED) is 0.612. The first-order valence-corrected chi connectivity index (χ1v) is 6.03. The molecule has 6 heteroatoms. The molecule has 18 heavy (non-hydrogen) atoms. The van der Waals surface area contributed by atoms with Gasteiger partial charge in [-0.05, 0) is 11.8 Å². The van der Waals surface area contributed by atoms with Crippen LogP contribution in [-0.2, 0) is 14.4 Å². The van der Waals surface area contributed by atoms with Gasteiger partial charge in [0.15, 0.2) is 0 Å². The zero-order valence-electron chi connectivity index (χ0n) is 11.6. The Balaban J connectivity index is 4.77. The summed E-state index contributed by atoms with van der Waals surface area (Å²) in [6.07, 6.45) is 0. The van der Waals surface area contributed by atoms with E-state index in [1.165, 1.54) is 6.92 Å². The second-order valence-electron chi connectivity index (χ2n) is 5.05. The van der Waals surface area contributed by atoms with Gasteiger partial charge in [0, 0.05) is 6.92 Å². The van der Waals surface area contributed by atoms with Gasteiger partial charge in [-0.3, -0.25) is 14.4 Å². The Morgan fingerprint density at radius 1 is 0.889 bits per heavy atom. The number of amides is 3. The van der Waals surface area contributed by atoms with E-state index in [4.69, 9.17) is 5.73 Å². The molecule has 0 radical (unpaired) electrons. The standard InChI is InChI=1S/C12H23N3O3/c1-6(2)9(11(13)17)15-12(18)10(7(3)4)14-8(5)16/h6-7,9-10H,1-5H3,(H2,13,17)(H,14,16)(H,15,18)/t9-,10-/m1/s1. The summed E-state index contributed by atoms with van der Waals surface area (Å²) in [4.78, 5) is 34.3. The number of primary amides is 1. The molecule has 0 saturated carbocycles. The second-order valence-corrected chi connectivity index (χ2v) is 5.05. The van der Waals surface area contributed by atoms with Gasteiger partial charge in [0.25, 0.3) is 0 Å². The fourth-order valence-electron chi connectivity index (χ4n) is 1.56. The van der Waals surface area contributed by atoms with E-state index in [1.807, 2.05) is 13.8 Å². The van der Waals surface area contributed by atoms with Gasteiger partial charge in [0.05, 0.1) is 0 Å². The van der Waals surface area contributed by atoms with Gasteiger partial charge in [-0.25, -0.2) is 0 Å². The minimum absolute atomic E-state index is 0.0745. The van der Waals surface area contributed by atoms with Crippen molar-refractivity contribution in [2.24, 2.45) is 17.6 Å². The lowest BCUT2D eigenvalue weighted by Gasteiger charge is -2.25. The van der Waals surface area contributed by atoms with Crippen molar-refractivity contribution in [3.63, 3.8) is 0 Å². The highest BCUT2D eigenvalue weighted by Crippen LogP contribution is 2.05. The predicted octanol–water partition coefficient (Wildman–Crippen LogP) is -0.227. The number of carbonyl (C=O) groups is 3. The zero-order chi connectivity index (χ0) is 14.5. The Labute approximate surface area is 108 Å². The van der Waals surface area contributed by atoms with E-state index >= 15 is 0 Å². The van der Waals surface area contributed by atoms with Gasteiger partial charge in [-0.1, -0.05) is 27.7 Å². The Morgan fingerprint density at radius 3 is 1.61 bits per heavy atom. The summed E-state index contributed by atoms with van der Waals surface area (Å²) in [6, 6.07) is -1.39. The molecule has 0 unspecified atom stereocenters. The molecular formula is C12H23N3O3. The van der Waals surface area contributed by atoms with Gasteiger partial charge in [0.2, 0.25) is 17.7 Å². The Hall–Kier alpha value is -1.59. The van der Waals surface area contributed by atoms with Crippen LogP contribution in [0, 0.1) is 11.8 Å². The minimum Gasteiger partial charge on any atom is -0.368 e.